The summed E-state index contributed by atoms with van der Waals surface area (Å²) in [6.07, 6.45) is 0. The summed E-state index contributed by atoms with van der Waals surface area (Å²) in [7, 11) is 1.58. The number of carbonyl (C=O) groups is 1. The van der Waals surface area contributed by atoms with E-state index in [1.165, 1.54) is 0 Å². The fraction of sp³-hybridized carbons (Fsp3) is 0.300. The third-order valence-corrected chi connectivity index (χ3v) is 2.04. The van der Waals surface area contributed by atoms with Crippen LogP contribution in [-0.4, -0.2) is 13.1 Å². The number of hydrogen-bond acceptors (Lipinski definition) is 2. The Balaban J connectivity index is 2.74. The molecule has 1 atom stereocenters. The first-order valence-electron chi connectivity index (χ1n) is 4.47. The minimum absolute atomic E-state index is 0.0869. The third-order valence-electron chi connectivity index (χ3n) is 2.04. The second-order valence-corrected chi connectivity index (χ2v) is 3.07. The SMILES string of the molecule is CNC(=O)NC(C)c1ccccc1N. The van der Waals surface area contributed by atoms with Crippen molar-refractivity contribution in [3.8, 4) is 0 Å². The Morgan fingerprint density at radius 3 is 2.64 bits per heavy atom. The molecule has 0 bridgehead atoms. The summed E-state index contributed by atoms with van der Waals surface area (Å²) in [5.74, 6) is 0. The summed E-state index contributed by atoms with van der Waals surface area (Å²) in [5.41, 5.74) is 7.38. The average molecular weight is 193 g/mol. The molecule has 0 aromatic heterocycles. The lowest BCUT2D eigenvalue weighted by Gasteiger charge is -2.15. The summed E-state index contributed by atoms with van der Waals surface area (Å²) in [6.45, 7) is 1.89. The number of hydrogen-bond donors (Lipinski definition) is 3. The lowest BCUT2D eigenvalue weighted by molar-refractivity contribution is 0.240. The van der Waals surface area contributed by atoms with E-state index in [1.807, 2.05) is 31.2 Å². The summed E-state index contributed by atoms with van der Waals surface area (Å²) in [6, 6.07) is 7.18. The van der Waals surface area contributed by atoms with Crippen molar-refractivity contribution in [2.75, 3.05) is 12.8 Å². The number of para-hydroxylation sites is 1. The zero-order chi connectivity index (χ0) is 10.6. The maximum absolute atomic E-state index is 11.0. The molecule has 4 heteroatoms. The van der Waals surface area contributed by atoms with Crippen molar-refractivity contribution >= 4 is 11.7 Å². The van der Waals surface area contributed by atoms with Gasteiger partial charge in [-0.3, -0.25) is 0 Å². The smallest absolute Gasteiger partial charge is 0.315 e. The second-order valence-electron chi connectivity index (χ2n) is 3.07. The van der Waals surface area contributed by atoms with Gasteiger partial charge in [0.2, 0.25) is 0 Å². The van der Waals surface area contributed by atoms with Crippen molar-refractivity contribution in [1.82, 2.24) is 10.6 Å². The van der Waals surface area contributed by atoms with Gasteiger partial charge in [0, 0.05) is 12.7 Å². The van der Waals surface area contributed by atoms with Crippen molar-refractivity contribution in [2.45, 2.75) is 13.0 Å². The van der Waals surface area contributed by atoms with E-state index in [2.05, 4.69) is 10.6 Å². The van der Waals surface area contributed by atoms with E-state index >= 15 is 0 Å². The predicted molar refractivity (Wildman–Crippen MR) is 56.9 cm³/mol. The van der Waals surface area contributed by atoms with Crippen LogP contribution in [0.5, 0.6) is 0 Å². The molecule has 0 radical (unpaired) electrons. The summed E-state index contributed by atoms with van der Waals surface area (Å²) in [4.78, 5) is 11.0. The lowest BCUT2D eigenvalue weighted by Crippen LogP contribution is -2.34. The molecular weight excluding hydrogens is 178 g/mol. The van der Waals surface area contributed by atoms with Gasteiger partial charge in [-0.2, -0.15) is 0 Å². The first-order valence-corrected chi connectivity index (χ1v) is 4.47. The number of anilines is 1. The van der Waals surface area contributed by atoms with Gasteiger partial charge in [-0.15, -0.1) is 0 Å². The van der Waals surface area contributed by atoms with Gasteiger partial charge < -0.3 is 16.4 Å². The molecule has 14 heavy (non-hydrogen) atoms. The molecule has 0 heterocycles. The van der Waals surface area contributed by atoms with Crippen LogP contribution in [0, 0.1) is 0 Å². The first-order chi connectivity index (χ1) is 6.65. The van der Waals surface area contributed by atoms with Crippen molar-refractivity contribution in [2.24, 2.45) is 0 Å². The van der Waals surface area contributed by atoms with Gasteiger partial charge in [-0.05, 0) is 18.6 Å². The number of rotatable bonds is 2. The van der Waals surface area contributed by atoms with Crippen molar-refractivity contribution in [3.05, 3.63) is 29.8 Å². The van der Waals surface area contributed by atoms with Gasteiger partial charge in [-0.1, -0.05) is 18.2 Å². The van der Waals surface area contributed by atoms with E-state index in [-0.39, 0.29) is 12.1 Å². The van der Waals surface area contributed by atoms with Gasteiger partial charge in [0.15, 0.2) is 0 Å². The van der Waals surface area contributed by atoms with E-state index in [0.717, 1.165) is 5.56 Å². The number of benzene rings is 1. The van der Waals surface area contributed by atoms with Gasteiger partial charge in [-0.25, -0.2) is 4.79 Å². The van der Waals surface area contributed by atoms with Crippen LogP contribution < -0.4 is 16.4 Å². The molecule has 0 aliphatic heterocycles. The topological polar surface area (TPSA) is 67.2 Å². The lowest BCUT2D eigenvalue weighted by atomic mass is 10.1. The Hall–Kier alpha value is -1.71. The first kappa shape index (κ1) is 10.4. The average Bonchev–Trinajstić information content (AvgIpc) is 2.18. The number of nitrogens with one attached hydrogen (secondary N) is 2. The summed E-state index contributed by atoms with van der Waals surface area (Å²) in [5, 5.41) is 5.25. The fourth-order valence-corrected chi connectivity index (χ4v) is 1.25. The van der Waals surface area contributed by atoms with Crippen molar-refractivity contribution in [3.63, 3.8) is 0 Å². The highest BCUT2D eigenvalue weighted by Gasteiger charge is 2.09. The standard InChI is InChI=1S/C10H15N3O/c1-7(13-10(14)12-2)8-5-3-4-6-9(8)11/h3-7H,11H2,1-2H3,(H2,12,13,14). The van der Waals surface area contributed by atoms with Gasteiger partial charge in [0.1, 0.15) is 0 Å². The fourth-order valence-electron chi connectivity index (χ4n) is 1.25. The number of urea groups is 1. The predicted octanol–water partition coefficient (Wildman–Crippen LogP) is 1.26. The molecule has 4 N–H and O–H groups in total. The quantitative estimate of drug-likeness (QED) is 0.619. The molecule has 0 aliphatic carbocycles. The number of nitrogen functional groups attached to an aromatic ring is 1. The zero-order valence-corrected chi connectivity index (χ0v) is 8.37. The summed E-state index contributed by atoms with van der Waals surface area (Å²) >= 11 is 0. The molecule has 1 unspecified atom stereocenters. The Kier molecular flexibility index (Phi) is 3.34. The van der Waals surface area contributed by atoms with Gasteiger partial charge >= 0.3 is 6.03 Å². The van der Waals surface area contributed by atoms with Crippen LogP contribution in [0.15, 0.2) is 24.3 Å². The van der Waals surface area contributed by atoms with E-state index in [1.54, 1.807) is 7.05 Å². The molecule has 1 aromatic rings. The van der Waals surface area contributed by atoms with E-state index < -0.39 is 0 Å². The molecule has 1 rings (SSSR count). The van der Waals surface area contributed by atoms with Crippen LogP contribution in [-0.2, 0) is 0 Å². The molecule has 2 amide bonds. The minimum atomic E-state index is -0.208. The Morgan fingerprint density at radius 2 is 2.07 bits per heavy atom. The van der Waals surface area contributed by atoms with E-state index in [0.29, 0.717) is 5.69 Å². The minimum Gasteiger partial charge on any atom is -0.398 e. The largest absolute Gasteiger partial charge is 0.398 e. The van der Waals surface area contributed by atoms with Crippen LogP contribution in [0.2, 0.25) is 0 Å². The molecule has 0 spiro atoms. The Morgan fingerprint density at radius 1 is 1.43 bits per heavy atom. The number of nitrogens with two attached hydrogens (primary N) is 1. The molecule has 76 valence electrons. The molecule has 0 aliphatic rings. The highest BCUT2D eigenvalue weighted by Crippen LogP contribution is 2.18. The van der Waals surface area contributed by atoms with Crippen molar-refractivity contribution < 1.29 is 4.79 Å². The van der Waals surface area contributed by atoms with E-state index in [4.69, 9.17) is 5.73 Å². The highest BCUT2D eigenvalue weighted by atomic mass is 16.2. The van der Waals surface area contributed by atoms with Gasteiger partial charge in [0.05, 0.1) is 6.04 Å². The van der Waals surface area contributed by atoms with Crippen LogP contribution in [0.1, 0.15) is 18.5 Å². The third kappa shape index (κ3) is 2.39. The molecule has 1 aromatic carbocycles. The molecule has 0 saturated carbocycles. The molecule has 4 nitrogen and oxygen atoms in total. The monoisotopic (exact) mass is 193 g/mol. The van der Waals surface area contributed by atoms with Crippen LogP contribution in [0.4, 0.5) is 10.5 Å². The van der Waals surface area contributed by atoms with Gasteiger partial charge in [0.25, 0.3) is 0 Å². The normalized spacial score (nSPS) is 11.9. The zero-order valence-electron chi connectivity index (χ0n) is 8.37. The summed E-state index contributed by atoms with van der Waals surface area (Å²) < 4.78 is 0. The molecule has 0 fully saturated rings. The maximum atomic E-state index is 11.0. The molecular formula is C10H15N3O. The van der Waals surface area contributed by atoms with Crippen LogP contribution >= 0.6 is 0 Å². The van der Waals surface area contributed by atoms with E-state index in [9.17, 15) is 4.79 Å². The van der Waals surface area contributed by atoms with Crippen LogP contribution in [0.25, 0.3) is 0 Å². The van der Waals surface area contributed by atoms with Crippen molar-refractivity contribution in [1.29, 1.82) is 0 Å². The Bertz CT molecular complexity index is 325. The highest BCUT2D eigenvalue weighted by molar-refractivity contribution is 5.74. The molecule has 0 saturated heterocycles. The van der Waals surface area contributed by atoms with Crippen LogP contribution in [0.3, 0.4) is 0 Å². The number of carbonyl (C=O) groups excluding carboxylic acids is 1. The Labute approximate surface area is 83.5 Å². The maximum Gasteiger partial charge on any atom is 0.315 e. The number of amides is 2. The second kappa shape index (κ2) is 4.50.